The fourth-order valence-electron chi connectivity index (χ4n) is 1.21. The first-order valence-electron chi connectivity index (χ1n) is 4.73. The lowest BCUT2D eigenvalue weighted by atomic mass is 10.1. The van der Waals surface area contributed by atoms with Crippen molar-refractivity contribution in [1.29, 1.82) is 0 Å². The van der Waals surface area contributed by atoms with Gasteiger partial charge in [0.05, 0.1) is 6.26 Å². The quantitative estimate of drug-likeness (QED) is 0.623. The van der Waals surface area contributed by atoms with Crippen LogP contribution in [0.2, 0.25) is 0 Å². The lowest BCUT2D eigenvalue weighted by Gasteiger charge is -2.02. The topological polar surface area (TPSA) is 9.23 Å². The molecule has 1 nitrogen and oxygen atoms in total. The first-order valence-corrected chi connectivity index (χ1v) is 4.73. The average molecular weight is 176 g/mol. The van der Waals surface area contributed by atoms with Crippen LogP contribution in [0.3, 0.4) is 0 Å². The SMILES string of the molecule is C=COc1ccc(CCCC)cc1. The van der Waals surface area contributed by atoms with Gasteiger partial charge in [-0.2, -0.15) is 0 Å². The lowest BCUT2D eigenvalue weighted by Crippen LogP contribution is -1.85. The number of hydrogen-bond donors (Lipinski definition) is 0. The summed E-state index contributed by atoms with van der Waals surface area (Å²) in [6.45, 7) is 5.71. The zero-order valence-electron chi connectivity index (χ0n) is 8.12. The standard InChI is InChI=1S/C12H16O/c1-3-5-6-11-7-9-12(10-8-11)13-4-2/h4,7-10H,2-3,5-6H2,1H3. The van der Waals surface area contributed by atoms with Crippen molar-refractivity contribution < 1.29 is 4.74 Å². The molecule has 0 bridgehead atoms. The normalized spacial score (nSPS) is 9.62. The summed E-state index contributed by atoms with van der Waals surface area (Å²) in [7, 11) is 0. The molecule has 0 aliphatic rings. The first kappa shape index (κ1) is 9.85. The van der Waals surface area contributed by atoms with Crippen LogP contribution in [0.25, 0.3) is 0 Å². The third-order valence-electron chi connectivity index (χ3n) is 1.96. The molecular formula is C12H16O. The molecule has 0 saturated carbocycles. The second kappa shape index (κ2) is 5.41. The summed E-state index contributed by atoms with van der Waals surface area (Å²) in [5, 5.41) is 0. The van der Waals surface area contributed by atoms with Crippen LogP contribution in [-0.2, 0) is 6.42 Å². The largest absolute Gasteiger partial charge is 0.466 e. The molecule has 0 aromatic heterocycles. The van der Waals surface area contributed by atoms with Crippen LogP contribution in [-0.4, -0.2) is 0 Å². The average Bonchev–Trinajstić information content (AvgIpc) is 2.17. The molecule has 0 unspecified atom stereocenters. The van der Waals surface area contributed by atoms with Crippen molar-refractivity contribution in [2.75, 3.05) is 0 Å². The third kappa shape index (κ3) is 3.32. The molecule has 0 aliphatic carbocycles. The molecule has 1 aromatic rings. The van der Waals surface area contributed by atoms with Gasteiger partial charge in [0.1, 0.15) is 5.75 Å². The minimum absolute atomic E-state index is 0.857. The van der Waals surface area contributed by atoms with Crippen molar-refractivity contribution in [3.63, 3.8) is 0 Å². The minimum atomic E-state index is 0.857. The van der Waals surface area contributed by atoms with E-state index in [4.69, 9.17) is 4.74 Å². The molecule has 0 atom stereocenters. The Bertz CT molecular complexity index is 248. The molecular weight excluding hydrogens is 160 g/mol. The van der Waals surface area contributed by atoms with Crippen molar-refractivity contribution in [2.24, 2.45) is 0 Å². The van der Waals surface area contributed by atoms with E-state index < -0.39 is 0 Å². The zero-order valence-corrected chi connectivity index (χ0v) is 8.12. The van der Waals surface area contributed by atoms with Gasteiger partial charge in [-0.1, -0.05) is 32.1 Å². The van der Waals surface area contributed by atoms with Gasteiger partial charge in [-0.05, 0) is 30.5 Å². The van der Waals surface area contributed by atoms with Gasteiger partial charge in [-0.25, -0.2) is 0 Å². The van der Waals surface area contributed by atoms with Crippen LogP contribution in [0.1, 0.15) is 25.3 Å². The predicted octanol–water partition coefficient (Wildman–Crippen LogP) is 3.55. The number of rotatable bonds is 5. The van der Waals surface area contributed by atoms with Crippen LogP contribution in [0.15, 0.2) is 37.1 Å². The van der Waals surface area contributed by atoms with E-state index in [0.29, 0.717) is 0 Å². The molecule has 0 fully saturated rings. The summed E-state index contributed by atoms with van der Waals surface area (Å²) in [6.07, 6.45) is 5.10. The maximum Gasteiger partial charge on any atom is 0.126 e. The summed E-state index contributed by atoms with van der Waals surface area (Å²) in [6, 6.07) is 8.17. The second-order valence-electron chi connectivity index (χ2n) is 3.03. The van der Waals surface area contributed by atoms with E-state index in [-0.39, 0.29) is 0 Å². The summed E-state index contributed by atoms with van der Waals surface area (Å²) in [5.74, 6) is 0.857. The predicted molar refractivity (Wildman–Crippen MR) is 55.9 cm³/mol. The molecule has 1 rings (SSSR count). The van der Waals surface area contributed by atoms with Crippen LogP contribution in [0.4, 0.5) is 0 Å². The summed E-state index contributed by atoms with van der Waals surface area (Å²) < 4.78 is 5.13. The first-order chi connectivity index (χ1) is 6.36. The molecule has 13 heavy (non-hydrogen) atoms. The third-order valence-corrected chi connectivity index (χ3v) is 1.96. The Morgan fingerprint density at radius 3 is 2.54 bits per heavy atom. The lowest BCUT2D eigenvalue weighted by molar-refractivity contribution is 0.483. The molecule has 0 saturated heterocycles. The highest BCUT2D eigenvalue weighted by molar-refractivity contribution is 5.27. The fourth-order valence-corrected chi connectivity index (χ4v) is 1.21. The van der Waals surface area contributed by atoms with E-state index in [0.717, 1.165) is 12.2 Å². The number of unbranched alkanes of at least 4 members (excludes halogenated alkanes) is 1. The van der Waals surface area contributed by atoms with E-state index in [2.05, 4.69) is 25.6 Å². The molecule has 1 aromatic carbocycles. The minimum Gasteiger partial charge on any atom is -0.466 e. The van der Waals surface area contributed by atoms with Crippen molar-refractivity contribution in [1.82, 2.24) is 0 Å². The van der Waals surface area contributed by atoms with Crippen molar-refractivity contribution in [3.05, 3.63) is 42.7 Å². The van der Waals surface area contributed by atoms with Gasteiger partial charge in [0, 0.05) is 0 Å². The molecule has 70 valence electrons. The van der Waals surface area contributed by atoms with Crippen molar-refractivity contribution >= 4 is 0 Å². The Hall–Kier alpha value is -1.24. The van der Waals surface area contributed by atoms with Crippen molar-refractivity contribution in [3.8, 4) is 5.75 Å². The molecule has 0 spiro atoms. The number of hydrogen-bond acceptors (Lipinski definition) is 1. The van der Waals surface area contributed by atoms with Gasteiger partial charge in [0.15, 0.2) is 0 Å². The Morgan fingerprint density at radius 2 is 2.00 bits per heavy atom. The monoisotopic (exact) mass is 176 g/mol. The smallest absolute Gasteiger partial charge is 0.126 e. The molecule has 0 N–H and O–H groups in total. The van der Waals surface area contributed by atoms with E-state index in [9.17, 15) is 0 Å². The fraction of sp³-hybridized carbons (Fsp3) is 0.333. The Balaban J connectivity index is 2.53. The zero-order chi connectivity index (χ0) is 9.52. The molecule has 0 radical (unpaired) electrons. The van der Waals surface area contributed by atoms with Gasteiger partial charge in [0.2, 0.25) is 0 Å². The van der Waals surface area contributed by atoms with Gasteiger partial charge in [-0.3, -0.25) is 0 Å². The van der Waals surface area contributed by atoms with E-state index in [1.54, 1.807) is 0 Å². The van der Waals surface area contributed by atoms with E-state index >= 15 is 0 Å². The van der Waals surface area contributed by atoms with Crippen LogP contribution < -0.4 is 4.74 Å². The van der Waals surface area contributed by atoms with Gasteiger partial charge >= 0.3 is 0 Å². The van der Waals surface area contributed by atoms with E-state index in [1.165, 1.54) is 24.7 Å². The molecule has 0 aliphatic heterocycles. The summed E-state index contributed by atoms with van der Waals surface area (Å²) in [5.41, 5.74) is 1.37. The van der Waals surface area contributed by atoms with Gasteiger partial charge in [0.25, 0.3) is 0 Å². The van der Waals surface area contributed by atoms with Crippen LogP contribution >= 0.6 is 0 Å². The maximum absolute atomic E-state index is 5.13. The Labute approximate surface area is 80.0 Å². The number of benzene rings is 1. The van der Waals surface area contributed by atoms with Crippen LogP contribution in [0, 0.1) is 0 Å². The van der Waals surface area contributed by atoms with Gasteiger partial charge in [-0.15, -0.1) is 0 Å². The summed E-state index contributed by atoms with van der Waals surface area (Å²) >= 11 is 0. The Morgan fingerprint density at radius 1 is 1.31 bits per heavy atom. The molecule has 1 heteroatoms. The number of ether oxygens (including phenoxy) is 1. The highest BCUT2D eigenvalue weighted by Gasteiger charge is 1.93. The summed E-state index contributed by atoms with van der Waals surface area (Å²) in [4.78, 5) is 0. The highest BCUT2D eigenvalue weighted by Crippen LogP contribution is 2.13. The van der Waals surface area contributed by atoms with Gasteiger partial charge < -0.3 is 4.74 Å². The second-order valence-corrected chi connectivity index (χ2v) is 3.03. The van der Waals surface area contributed by atoms with Crippen LogP contribution in [0.5, 0.6) is 5.75 Å². The molecule has 0 amide bonds. The maximum atomic E-state index is 5.13. The Kier molecular flexibility index (Phi) is 4.10. The van der Waals surface area contributed by atoms with Crippen molar-refractivity contribution in [2.45, 2.75) is 26.2 Å². The number of aryl methyl sites for hydroxylation is 1. The van der Waals surface area contributed by atoms with E-state index in [1.807, 2.05) is 12.1 Å². The molecule has 0 heterocycles. The highest BCUT2D eigenvalue weighted by atomic mass is 16.5.